The molecule has 0 aliphatic carbocycles. The Bertz CT molecular complexity index is 1470. The predicted octanol–water partition coefficient (Wildman–Crippen LogP) is 14.1. The molecule has 0 bridgehead atoms. The number of unbranched alkanes of at least 4 members (excludes halogenated alkanes) is 22. The molecule has 1 aromatic rings. The van der Waals surface area contributed by atoms with Gasteiger partial charge >= 0.3 is 17.9 Å². The fourth-order valence-electron chi connectivity index (χ4n) is 8.82. The molecule has 0 unspecified atom stereocenters. The number of hydrogen-bond donors (Lipinski definition) is 1. The van der Waals surface area contributed by atoms with Crippen LogP contribution in [-0.2, 0) is 46.4 Å². The van der Waals surface area contributed by atoms with Gasteiger partial charge in [-0.25, -0.2) is 4.79 Å². The number of anilines is 1. The van der Waals surface area contributed by atoms with Gasteiger partial charge in [0.25, 0.3) is 0 Å². The third-order valence-corrected chi connectivity index (χ3v) is 14.1. The van der Waals surface area contributed by atoms with Crippen molar-refractivity contribution in [3.8, 4) is 0 Å². The third kappa shape index (κ3) is 29.6. The Labute approximate surface area is 412 Å². The Morgan fingerprint density at radius 3 is 1.67 bits per heavy atom. The predicted molar refractivity (Wildman–Crippen MR) is 276 cm³/mol. The Morgan fingerprint density at radius 2 is 1.07 bits per heavy atom. The van der Waals surface area contributed by atoms with Crippen molar-refractivity contribution < 1.29 is 38.2 Å². The summed E-state index contributed by atoms with van der Waals surface area (Å²) >= 11 is 1.36. The summed E-state index contributed by atoms with van der Waals surface area (Å²) in [7, 11) is 3.95. The van der Waals surface area contributed by atoms with E-state index in [2.05, 4.69) is 26.1 Å². The fraction of sp³-hybridized carbons (Fsp3) is 0.836. The van der Waals surface area contributed by atoms with Crippen molar-refractivity contribution in [2.75, 3.05) is 45.7 Å². The third-order valence-electron chi connectivity index (χ3n) is 13.0. The zero-order valence-corrected chi connectivity index (χ0v) is 44.2. The highest BCUT2D eigenvalue weighted by Gasteiger charge is 2.31. The SMILES string of the molecule is CCCCCCCCCCCOC(=O)CCCCCCC(=O)N1CCc2c(sc(NC(=O)CCCCC(=O)OC(CCCCCCCC)CCCCCCCC)c2C(=O)OCCCN(C)C)C1. The van der Waals surface area contributed by atoms with Gasteiger partial charge in [-0.1, -0.05) is 149 Å². The van der Waals surface area contributed by atoms with Gasteiger partial charge in [0.2, 0.25) is 11.8 Å². The van der Waals surface area contributed by atoms with Crippen LogP contribution in [0.3, 0.4) is 0 Å². The number of ether oxygens (including phenoxy) is 3. The number of rotatable bonds is 43. The van der Waals surface area contributed by atoms with E-state index in [4.69, 9.17) is 14.2 Å². The van der Waals surface area contributed by atoms with Crippen LogP contribution in [0.15, 0.2) is 0 Å². The summed E-state index contributed by atoms with van der Waals surface area (Å²) in [4.78, 5) is 70.2. The quantitative estimate of drug-likeness (QED) is 0.0386. The molecule has 1 aromatic heterocycles. The minimum atomic E-state index is -0.446. The molecule has 12 heteroatoms. The highest BCUT2D eigenvalue weighted by atomic mass is 32.1. The second-order valence-corrected chi connectivity index (χ2v) is 20.6. The van der Waals surface area contributed by atoms with Crippen molar-refractivity contribution in [2.45, 2.75) is 258 Å². The van der Waals surface area contributed by atoms with E-state index < -0.39 is 5.97 Å². The molecule has 0 saturated carbocycles. The lowest BCUT2D eigenvalue weighted by Gasteiger charge is -2.27. The van der Waals surface area contributed by atoms with Gasteiger partial charge in [-0.15, -0.1) is 11.3 Å². The van der Waals surface area contributed by atoms with Gasteiger partial charge in [-0.05, 0) is 90.3 Å². The average molecular weight is 960 g/mol. The summed E-state index contributed by atoms with van der Waals surface area (Å²) < 4.78 is 17.2. The normalized spacial score (nSPS) is 12.4. The zero-order chi connectivity index (χ0) is 48.7. The van der Waals surface area contributed by atoms with Crippen molar-refractivity contribution in [3.63, 3.8) is 0 Å². The van der Waals surface area contributed by atoms with Gasteiger partial charge in [0.1, 0.15) is 11.1 Å². The van der Waals surface area contributed by atoms with E-state index in [1.807, 2.05) is 23.9 Å². The molecule has 1 aliphatic rings. The van der Waals surface area contributed by atoms with Gasteiger partial charge in [-0.3, -0.25) is 19.2 Å². The smallest absolute Gasteiger partial charge is 0.341 e. The summed E-state index contributed by atoms with van der Waals surface area (Å²) in [5.41, 5.74) is 1.26. The van der Waals surface area contributed by atoms with E-state index >= 15 is 0 Å². The van der Waals surface area contributed by atoms with Gasteiger partial charge in [-0.2, -0.15) is 0 Å². The number of amides is 2. The summed E-state index contributed by atoms with van der Waals surface area (Å²) in [5, 5.41) is 3.48. The average Bonchev–Trinajstić information content (AvgIpc) is 3.67. The molecular formula is C55H97N3O8S. The number of carbonyl (C=O) groups is 5. The first-order chi connectivity index (χ1) is 32.6. The molecule has 1 aliphatic heterocycles. The topological polar surface area (TPSA) is 132 Å². The minimum absolute atomic E-state index is 0.0297. The van der Waals surface area contributed by atoms with Gasteiger partial charge < -0.3 is 29.3 Å². The Hall–Kier alpha value is -2.99. The Balaban J connectivity index is 1.83. The summed E-state index contributed by atoms with van der Waals surface area (Å²) in [5.74, 6) is -0.882. The number of thiophene rings is 1. The first-order valence-electron chi connectivity index (χ1n) is 27.5. The summed E-state index contributed by atoms with van der Waals surface area (Å²) in [6, 6.07) is 0. The molecule has 0 radical (unpaired) electrons. The number of hydrogen-bond acceptors (Lipinski definition) is 10. The van der Waals surface area contributed by atoms with Crippen LogP contribution in [0.1, 0.15) is 260 Å². The highest BCUT2D eigenvalue weighted by molar-refractivity contribution is 7.17. The fourth-order valence-corrected chi connectivity index (χ4v) is 10.1. The Morgan fingerprint density at radius 1 is 0.582 bits per heavy atom. The standard InChI is InChI=1S/C55H97N3O8S/c1-6-9-12-15-18-19-20-25-32-43-64-51(61)38-29-24-23-28-37-50(60)58-42-40-47-48(45-58)67-54(53(47)55(63)65-44-33-41-57(4)5)56-49(59)36-30-31-39-52(62)66-46(34-26-21-16-13-10-7-2)35-27-22-17-14-11-8-3/h46H,6-45H2,1-5H3,(H,56,59). The van der Waals surface area contributed by atoms with Crippen LogP contribution in [0.25, 0.3) is 0 Å². The van der Waals surface area contributed by atoms with Gasteiger partial charge in [0.05, 0.1) is 25.3 Å². The molecule has 2 heterocycles. The van der Waals surface area contributed by atoms with Crippen LogP contribution in [-0.4, -0.2) is 86.0 Å². The van der Waals surface area contributed by atoms with Crippen molar-refractivity contribution in [1.29, 1.82) is 0 Å². The van der Waals surface area contributed by atoms with E-state index in [9.17, 15) is 24.0 Å². The molecule has 2 rings (SSSR count). The van der Waals surface area contributed by atoms with Crippen LogP contribution in [0, 0.1) is 0 Å². The van der Waals surface area contributed by atoms with Crippen molar-refractivity contribution in [1.82, 2.24) is 9.80 Å². The van der Waals surface area contributed by atoms with Crippen molar-refractivity contribution >= 4 is 46.1 Å². The van der Waals surface area contributed by atoms with Crippen molar-refractivity contribution in [2.24, 2.45) is 0 Å². The highest BCUT2D eigenvalue weighted by Crippen LogP contribution is 2.38. The molecule has 67 heavy (non-hydrogen) atoms. The lowest BCUT2D eigenvalue weighted by Crippen LogP contribution is -2.35. The molecule has 0 atom stereocenters. The molecular weight excluding hydrogens is 863 g/mol. The second kappa shape index (κ2) is 39.8. The van der Waals surface area contributed by atoms with Gasteiger partial charge in [0, 0.05) is 43.6 Å². The van der Waals surface area contributed by atoms with E-state index in [1.54, 1.807) is 0 Å². The minimum Gasteiger partial charge on any atom is -0.466 e. The maximum atomic E-state index is 13.6. The largest absolute Gasteiger partial charge is 0.466 e. The number of nitrogens with one attached hydrogen (secondary N) is 1. The molecule has 0 spiro atoms. The van der Waals surface area contributed by atoms with Crippen LogP contribution in [0.4, 0.5) is 5.00 Å². The number of carbonyl (C=O) groups excluding carboxylic acids is 5. The van der Waals surface area contributed by atoms with Crippen LogP contribution in [0.2, 0.25) is 0 Å². The molecule has 11 nitrogen and oxygen atoms in total. The first kappa shape index (κ1) is 60.1. The number of fused-ring (bicyclic) bond motifs is 1. The summed E-state index contributed by atoms with van der Waals surface area (Å²) in [6.45, 7) is 9.16. The van der Waals surface area contributed by atoms with Crippen LogP contribution < -0.4 is 5.32 Å². The second-order valence-electron chi connectivity index (χ2n) is 19.5. The van der Waals surface area contributed by atoms with Crippen molar-refractivity contribution in [3.05, 3.63) is 16.0 Å². The molecule has 0 fully saturated rings. The monoisotopic (exact) mass is 960 g/mol. The maximum absolute atomic E-state index is 13.6. The molecule has 0 saturated heterocycles. The molecule has 0 aromatic carbocycles. The Kier molecular flexibility index (Phi) is 35.7. The van der Waals surface area contributed by atoms with E-state index in [0.29, 0.717) is 68.8 Å². The lowest BCUT2D eigenvalue weighted by molar-refractivity contribution is -0.150. The number of nitrogens with zero attached hydrogens (tertiary/aromatic N) is 2. The first-order valence-corrected chi connectivity index (χ1v) is 28.3. The lowest BCUT2D eigenvalue weighted by atomic mass is 10.0. The zero-order valence-electron chi connectivity index (χ0n) is 43.4. The van der Waals surface area contributed by atoms with E-state index in [-0.39, 0.29) is 49.3 Å². The van der Waals surface area contributed by atoms with E-state index in [0.717, 1.165) is 81.2 Å². The maximum Gasteiger partial charge on any atom is 0.341 e. The number of esters is 3. The summed E-state index contributed by atoms with van der Waals surface area (Å²) in [6.07, 6.45) is 34.4. The molecule has 2 amide bonds. The van der Waals surface area contributed by atoms with E-state index in [1.165, 1.54) is 120 Å². The molecule has 1 N–H and O–H groups in total. The van der Waals surface area contributed by atoms with Gasteiger partial charge in [0.15, 0.2) is 0 Å². The molecule has 386 valence electrons. The van der Waals surface area contributed by atoms with Crippen LogP contribution in [0.5, 0.6) is 0 Å². The van der Waals surface area contributed by atoms with Crippen LogP contribution >= 0.6 is 11.3 Å².